The van der Waals surface area contributed by atoms with Crippen LogP contribution in [0, 0.1) is 5.82 Å². The fourth-order valence-corrected chi connectivity index (χ4v) is 2.41. The van der Waals surface area contributed by atoms with Crippen molar-refractivity contribution in [3.8, 4) is 0 Å². The van der Waals surface area contributed by atoms with Gasteiger partial charge in [0.2, 0.25) is 0 Å². The van der Waals surface area contributed by atoms with Crippen molar-refractivity contribution in [2.45, 2.75) is 25.3 Å². The number of benzene rings is 1. The molecule has 1 heterocycles. The van der Waals surface area contributed by atoms with E-state index in [1.165, 1.54) is 12.1 Å². The zero-order valence-electron chi connectivity index (χ0n) is 9.23. The minimum Gasteiger partial charge on any atom is -0.299 e. The third-order valence-electron chi connectivity index (χ3n) is 3.00. The summed E-state index contributed by atoms with van der Waals surface area (Å²) < 4.78 is 39.5. The van der Waals surface area contributed by atoms with Crippen LogP contribution >= 0.6 is 15.9 Å². The van der Waals surface area contributed by atoms with E-state index in [0.29, 0.717) is 24.1 Å². The van der Waals surface area contributed by atoms with Gasteiger partial charge in [-0.1, -0.05) is 22.0 Å². The third-order valence-corrected chi connectivity index (χ3v) is 3.73. The summed E-state index contributed by atoms with van der Waals surface area (Å²) >= 11 is 3.28. The highest BCUT2D eigenvalue weighted by molar-refractivity contribution is 9.10. The number of piperidine rings is 1. The number of likely N-dealkylation sites (tertiary alicyclic amines) is 1. The summed E-state index contributed by atoms with van der Waals surface area (Å²) in [6, 6.07) is 4.47. The molecule has 0 aromatic heterocycles. The lowest BCUT2D eigenvalue weighted by Gasteiger charge is -2.31. The van der Waals surface area contributed by atoms with E-state index in [1.54, 1.807) is 6.07 Å². The summed E-state index contributed by atoms with van der Waals surface area (Å²) in [5.74, 6) is -2.82. The standard InChI is InChI=1S/C12H13BrF3N/c13-11-7-10(14)2-1-9(11)8-17-5-3-12(15,16)4-6-17/h1-2,7H,3-6,8H2. The molecule has 1 fully saturated rings. The Balaban J connectivity index is 1.98. The van der Waals surface area contributed by atoms with Crippen LogP contribution in [-0.4, -0.2) is 23.9 Å². The van der Waals surface area contributed by atoms with Crippen LogP contribution in [0.15, 0.2) is 22.7 Å². The zero-order valence-corrected chi connectivity index (χ0v) is 10.8. The molecule has 1 aromatic carbocycles. The molecule has 0 bridgehead atoms. The van der Waals surface area contributed by atoms with E-state index < -0.39 is 5.92 Å². The van der Waals surface area contributed by atoms with Crippen LogP contribution in [0.3, 0.4) is 0 Å². The Bertz CT molecular complexity index is 399. The van der Waals surface area contributed by atoms with Crippen LogP contribution in [0.5, 0.6) is 0 Å². The van der Waals surface area contributed by atoms with Gasteiger partial charge in [0.25, 0.3) is 5.92 Å². The molecule has 0 aliphatic carbocycles. The lowest BCUT2D eigenvalue weighted by atomic mass is 10.1. The van der Waals surface area contributed by atoms with E-state index >= 15 is 0 Å². The number of alkyl halides is 2. The first-order valence-corrected chi connectivity index (χ1v) is 6.30. The van der Waals surface area contributed by atoms with Crippen LogP contribution in [-0.2, 0) is 6.54 Å². The van der Waals surface area contributed by atoms with Gasteiger partial charge in [0.15, 0.2) is 0 Å². The van der Waals surface area contributed by atoms with Gasteiger partial charge in [-0.2, -0.15) is 0 Å². The molecule has 1 aromatic rings. The Morgan fingerprint density at radius 3 is 2.47 bits per heavy atom. The summed E-state index contributed by atoms with van der Waals surface area (Å²) in [7, 11) is 0. The number of nitrogens with zero attached hydrogens (tertiary/aromatic N) is 1. The second-order valence-electron chi connectivity index (χ2n) is 4.37. The maximum absolute atomic E-state index is 13.0. The molecule has 0 unspecified atom stereocenters. The van der Waals surface area contributed by atoms with E-state index in [0.717, 1.165) is 5.56 Å². The average Bonchev–Trinajstić information content (AvgIpc) is 2.25. The van der Waals surface area contributed by atoms with Crippen molar-refractivity contribution in [2.24, 2.45) is 0 Å². The average molecular weight is 308 g/mol. The maximum atomic E-state index is 13.0. The molecule has 0 saturated carbocycles. The normalized spacial score (nSPS) is 20.5. The lowest BCUT2D eigenvalue weighted by Crippen LogP contribution is -2.38. The first-order chi connectivity index (χ1) is 7.96. The molecule has 17 heavy (non-hydrogen) atoms. The molecule has 0 radical (unpaired) electrons. The first kappa shape index (κ1) is 12.9. The van der Waals surface area contributed by atoms with Crippen molar-refractivity contribution in [1.29, 1.82) is 0 Å². The SMILES string of the molecule is Fc1ccc(CN2CCC(F)(F)CC2)c(Br)c1. The van der Waals surface area contributed by atoms with Gasteiger partial charge in [0.1, 0.15) is 5.82 Å². The highest BCUT2D eigenvalue weighted by Gasteiger charge is 2.33. The minimum atomic E-state index is -2.52. The largest absolute Gasteiger partial charge is 0.299 e. The predicted molar refractivity (Wildman–Crippen MR) is 63.6 cm³/mol. The summed E-state index contributed by atoms with van der Waals surface area (Å²) in [5.41, 5.74) is 0.927. The van der Waals surface area contributed by atoms with Crippen molar-refractivity contribution in [1.82, 2.24) is 4.90 Å². The first-order valence-electron chi connectivity index (χ1n) is 5.50. The number of hydrogen-bond donors (Lipinski definition) is 0. The lowest BCUT2D eigenvalue weighted by molar-refractivity contribution is -0.0566. The Labute approximate surface area is 107 Å². The van der Waals surface area contributed by atoms with Gasteiger partial charge in [-0.05, 0) is 17.7 Å². The molecule has 1 aliphatic rings. The molecule has 0 amide bonds. The van der Waals surface area contributed by atoms with Gasteiger partial charge >= 0.3 is 0 Å². The quantitative estimate of drug-likeness (QED) is 0.803. The Morgan fingerprint density at radius 2 is 1.88 bits per heavy atom. The van der Waals surface area contributed by atoms with Crippen LogP contribution in [0.2, 0.25) is 0 Å². The molecule has 5 heteroatoms. The fraction of sp³-hybridized carbons (Fsp3) is 0.500. The Hall–Kier alpha value is -0.550. The molecular formula is C12H13BrF3N. The summed E-state index contributed by atoms with van der Waals surface area (Å²) in [5, 5.41) is 0. The van der Waals surface area contributed by atoms with Gasteiger partial charge in [0.05, 0.1) is 0 Å². The highest BCUT2D eigenvalue weighted by Crippen LogP contribution is 2.29. The smallest absolute Gasteiger partial charge is 0.250 e. The molecule has 2 rings (SSSR count). The highest BCUT2D eigenvalue weighted by atomic mass is 79.9. The molecule has 1 saturated heterocycles. The Kier molecular flexibility index (Phi) is 3.78. The van der Waals surface area contributed by atoms with Crippen LogP contribution in [0.4, 0.5) is 13.2 Å². The second-order valence-corrected chi connectivity index (χ2v) is 5.22. The van der Waals surface area contributed by atoms with Crippen LogP contribution < -0.4 is 0 Å². The van der Waals surface area contributed by atoms with Crippen molar-refractivity contribution in [3.05, 3.63) is 34.1 Å². The van der Waals surface area contributed by atoms with Crippen molar-refractivity contribution in [2.75, 3.05) is 13.1 Å². The van der Waals surface area contributed by atoms with E-state index in [2.05, 4.69) is 15.9 Å². The monoisotopic (exact) mass is 307 g/mol. The van der Waals surface area contributed by atoms with E-state index in [-0.39, 0.29) is 18.7 Å². The van der Waals surface area contributed by atoms with Gasteiger partial charge in [-0.25, -0.2) is 13.2 Å². The van der Waals surface area contributed by atoms with Crippen molar-refractivity contribution >= 4 is 15.9 Å². The number of halogens is 4. The van der Waals surface area contributed by atoms with Crippen molar-refractivity contribution in [3.63, 3.8) is 0 Å². The van der Waals surface area contributed by atoms with E-state index in [9.17, 15) is 13.2 Å². The van der Waals surface area contributed by atoms with E-state index in [4.69, 9.17) is 0 Å². The van der Waals surface area contributed by atoms with Gasteiger partial charge < -0.3 is 0 Å². The van der Waals surface area contributed by atoms with Gasteiger partial charge in [-0.3, -0.25) is 4.90 Å². The summed E-state index contributed by atoms with van der Waals surface area (Å²) in [6.45, 7) is 1.35. The fourth-order valence-electron chi connectivity index (χ4n) is 1.93. The van der Waals surface area contributed by atoms with Gasteiger partial charge in [-0.15, -0.1) is 0 Å². The number of rotatable bonds is 2. The summed E-state index contributed by atoms with van der Waals surface area (Å²) in [6.07, 6.45) is -0.183. The molecule has 94 valence electrons. The topological polar surface area (TPSA) is 3.24 Å². The van der Waals surface area contributed by atoms with Crippen molar-refractivity contribution < 1.29 is 13.2 Å². The molecule has 0 atom stereocenters. The molecule has 0 spiro atoms. The minimum absolute atomic E-state index is 0.0915. The molecule has 1 nitrogen and oxygen atoms in total. The summed E-state index contributed by atoms with van der Waals surface area (Å²) in [4.78, 5) is 1.97. The molecule has 0 N–H and O–H groups in total. The third kappa shape index (κ3) is 3.45. The van der Waals surface area contributed by atoms with Crippen LogP contribution in [0.1, 0.15) is 18.4 Å². The number of hydrogen-bond acceptors (Lipinski definition) is 1. The molecular weight excluding hydrogens is 295 g/mol. The molecule has 1 aliphatic heterocycles. The second kappa shape index (κ2) is 4.98. The Morgan fingerprint density at radius 1 is 1.24 bits per heavy atom. The van der Waals surface area contributed by atoms with Crippen LogP contribution in [0.25, 0.3) is 0 Å². The zero-order chi connectivity index (χ0) is 12.5. The van der Waals surface area contributed by atoms with E-state index in [1.807, 2.05) is 4.90 Å². The maximum Gasteiger partial charge on any atom is 0.250 e. The van der Waals surface area contributed by atoms with Gasteiger partial charge in [0, 0.05) is 36.9 Å². The predicted octanol–water partition coefficient (Wildman–Crippen LogP) is 3.82.